The molecule has 10 heteroatoms. The lowest BCUT2D eigenvalue weighted by Crippen LogP contribution is -2.51. The van der Waals surface area contributed by atoms with Gasteiger partial charge in [0.15, 0.2) is 5.76 Å². The highest BCUT2D eigenvalue weighted by atomic mass is 35.5. The summed E-state index contributed by atoms with van der Waals surface area (Å²) in [5, 5.41) is 14.0. The third-order valence-corrected chi connectivity index (χ3v) is 4.67. The van der Waals surface area contributed by atoms with Crippen LogP contribution in [0.2, 0.25) is 5.02 Å². The number of nitrogens with one attached hydrogen (secondary N) is 1. The number of carbonyl (C=O) groups excluding carboxylic acids is 2. The van der Waals surface area contributed by atoms with Crippen LogP contribution in [0.3, 0.4) is 0 Å². The second-order valence-corrected chi connectivity index (χ2v) is 6.48. The lowest BCUT2D eigenvalue weighted by molar-refractivity contribution is -0.402. The highest BCUT2D eigenvalue weighted by molar-refractivity contribution is 6.31. The number of carbonyl (C=O) groups is 2. The SMILES string of the molecule is Cc1ccc(NC(=O)N2CCN(C(=O)c3ccc([N+](=O)[O-])o3)CC2)cc1Cl. The van der Waals surface area contributed by atoms with Crippen LogP contribution in [-0.4, -0.2) is 52.8 Å². The number of furan rings is 1. The zero-order valence-electron chi connectivity index (χ0n) is 14.5. The van der Waals surface area contributed by atoms with Crippen LogP contribution in [0.5, 0.6) is 0 Å². The maximum absolute atomic E-state index is 12.4. The van der Waals surface area contributed by atoms with Crippen molar-refractivity contribution in [1.82, 2.24) is 9.80 Å². The maximum atomic E-state index is 12.4. The number of nitrogens with zero attached hydrogens (tertiary/aromatic N) is 3. The van der Waals surface area contributed by atoms with Gasteiger partial charge in [0.05, 0.1) is 6.07 Å². The molecule has 0 saturated carbocycles. The van der Waals surface area contributed by atoms with Gasteiger partial charge >= 0.3 is 11.9 Å². The van der Waals surface area contributed by atoms with Crippen LogP contribution in [-0.2, 0) is 0 Å². The van der Waals surface area contributed by atoms with Gasteiger partial charge in [0.25, 0.3) is 5.91 Å². The van der Waals surface area contributed by atoms with Crippen LogP contribution in [0.25, 0.3) is 0 Å². The predicted molar refractivity (Wildman–Crippen MR) is 98.0 cm³/mol. The Morgan fingerprint density at radius 1 is 1.15 bits per heavy atom. The number of piperazine rings is 1. The summed E-state index contributed by atoms with van der Waals surface area (Å²) >= 11 is 6.06. The molecule has 0 spiro atoms. The number of benzene rings is 1. The van der Waals surface area contributed by atoms with Crippen LogP contribution >= 0.6 is 11.6 Å². The van der Waals surface area contributed by atoms with Gasteiger partial charge in [-0.15, -0.1) is 0 Å². The molecule has 9 nitrogen and oxygen atoms in total. The van der Waals surface area contributed by atoms with E-state index in [1.807, 2.05) is 13.0 Å². The average Bonchev–Trinajstić information content (AvgIpc) is 3.15. The van der Waals surface area contributed by atoms with Gasteiger partial charge in [-0.1, -0.05) is 17.7 Å². The smallest absolute Gasteiger partial charge is 0.395 e. The molecule has 1 saturated heterocycles. The molecule has 2 aromatic rings. The lowest BCUT2D eigenvalue weighted by Gasteiger charge is -2.34. The quantitative estimate of drug-likeness (QED) is 0.637. The summed E-state index contributed by atoms with van der Waals surface area (Å²) in [6.45, 7) is 3.14. The minimum atomic E-state index is -0.698. The van der Waals surface area contributed by atoms with Crippen molar-refractivity contribution in [3.05, 3.63) is 56.8 Å². The number of urea groups is 1. The molecule has 1 N–H and O–H groups in total. The van der Waals surface area contributed by atoms with Gasteiger partial charge in [-0.05, 0) is 30.7 Å². The molecule has 0 aliphatic carbocycles. The number of rotatable bonds is 3. The molecule has 1 aromatic carbocycles. The number of halogens is 1. The Morgan fingerprint density at radius 3 is 2.41 bits per heavy atom. The fraction of sp³-hybridized carbons (Fsp3) is 0.294. The second-order valence-electron chi connectivity index (χ2n) is 6.07. The molecule has 27 heavy (non-hydrogen) atoms. The third-order valence-electron chi connectivity index (χ3n) is 4.26. The van der Waals surface area contributed by atoms with E-state index in [1.165, 1.54) is 11.0 Å². The first-order chi connectivity index (χ1) is 12.8. The van der Waals surface area contributed by atoms with Crippen LogP contribution in [0.4, 0.5) is 16.4 Å². The molecule has 2 heterocycles. The number of hydrogen-bond acceptors (Lipinski definition) is 5. The minimum Gasteiger partial charge on any atom is -0.395 e. The van der Waals surface area contributed by atoms with Crippen molar-refractivity contribution in [2.24, 2.45) is 0 Å². The zero-order chi connectivity index (χ0) is 19.6. The zero-order valence-corrected chi connectivity index (χ0v) is 15.2. The first-order valence-electron chi connectivity index (χ1n) is 8.21. The molecule has 3 rings (SSSR count). The monoisotopic (exact) mass is 392 g/mol. The predicted octanol–water partition coefficient (Wildman–Crippen LogP) is 3.14. The first kappa shape index (κ1) is 18.7. The Kier molecular flexibility index (Phi) is 5.31. The largest absolute Gasteiger partial charge is 0.433 e. The summed E-state index contributed by atoms with van der Waals surface area (Å²) < 4.78 is 4.94. The number of amides is 3. The van der Waals surface area contributed by atoms with E-state index in [4.69, 9.17) is 16.0 Å². The Bertz CT molecular complexity index is 889. The van der Waals surface area contributed by atoms with Crippen molar-refractivity contribution >= 4 is 35.1 Å². The van der Waals surface area contributed by atoms with Crippen LogP contribution < -0.4 is 5.32 Å². The summed E-state index contributed by atoms with van der Waals surface area (Å²) in [6.07, 6.45) is 0. The summed E-state index contributed by atoms with van der Waals surface area (Å²) in [6, 6.07) is 7.40. The van der Waals surface area contributed by atoms with Gasteiger partial charge in [-0.25, -0.2) is 4.79 Å². The van der Waals surface area contributed by atoms with E-state index in [0.717, 1.165) is 11.6 Å². The Balaban J connectivity index is 1.56. The molecular weight excluding hydrogens is 376 g/mol. The fourth-order valence-corrected chi connectivity index (χ4v) is 2.86. The highest BCUT2D eigenvalue weighted by Gasteiger charge is 2.27. The summed E-state index contributed by atoms with van der Waals surface area (Å²) in [7, 11) is 0. The van der Waals surface area contributed by atoms with E-state index in [-0.39, 0.29) is 11.8 Å². The third kappa shape index (κ3) is 4.20. The van der Waals surface area contributed by atoms with Crippen molar-refractivity contribution in [2.75, 3.05) is 31.5 Å². The number of anilines is 1. The Labute approximate surface area is 159 Å². The number of aryl methyl sites for hydroxylation is 1. The normalized spacial score (nSPS) is 14.1. The molecule has 3 amide bonds. The highest BCUT2D eigenvalue weighted by Crippen LogP contribution is 2.21. The topological polar surface area (TPSA) is 109 Å². The van der Waals surface area contributed by atoms with E-state index >= 15 is 0 Å². The van der Waals surface area contributed by atoms with Crippen molar-refractivity contribution in [2.45, 2.75) is 6.92 Å². The molecule has 1 aliphatic heterocycles. The Hall–Kier alpha value is -3.07. The van der Waals surface area contributed by atoms with Crippen LogP contribution in [0.15, 0.2) is 34.7 Å². The summed E-state index contributed by atoms with van der Waals surface area (Å²) in [4.78, 5) is 37.7. The lowest BCUT2D eigenvalue weighted by atomic mass is 10.2. The van der Waals surface area contributed by atoms with Gasteiger partial charge in [0.2, 0.25) is 0 Å². The molecule has 1 fully saturated rings. The van der Waals surface area contributed by atoms with E-state index in [9.17, 15) is 19.7 Å². The number of nitro groups is 1. The standard InChI is InChI=1S/C17H17ClN4O5/c1-11-2-3-12(10-13(11)18)19-17(24)21-8-6-20(7-9-21)16(23)14-4-5-15(27-14)22(25)26/h2-5,10H,6-9H2,1H3,(H,19,24). The summed E-state index contributed by atoms with van der Waals surface area (Å²) in [5.74, 6) is -1.00. The molecule has 0 bridgehead atoms. The first-order valence-corrected chi connectivity index (χ1v) is 8.58. The molecule has 1 aliphatic rings. The second kappa shape index (κ2) is 7.67. The molecule has 0 radical (unpaired) electrons. The molecular formula is C17H17ClN4O5. The maximum Gasteiger partial charge on any atom is 0.433 e. The average molecular weight is 393 g/mol. The van der Waals surface area contributed by atoms with Gasteiger partial charge in [-0.3, -0.25) is 14.9 Å². The van der Waals surface area contributed by atoms with Crippen molar-refractivity contribution in [1.29, 1.82) is 0 Å². The van der Waals surface area contributed by atoms with Crippen molar-refractivity contribution in [3.8, 4) is 0 Å². The van der Waals surface area contributed by atoms with Gasteiger partial charge in [0, 0.05) is 36.9 Å². The van der Waals surface area contributed by atoms with E-state index in [1.54, 1.807) is 17.0 Å². The van der Waals surface area contributed by atoms with E-state index in [2.05, 4.69) is 5.32 Å². The van der Waals surface area contributed by atoms with Crippen LogP contribution in [0, 0.1) is 17.0 Å². The summed E-state index contributed by atoms with van der Waals surface area (Å²) in [5.41, 5.74) is 1.51. The number of hydrogen-bond donors (Lipinski definition) is 1. The van der Waals surface area contributed by atoms with Crippen molar-refractivity contribution in [3.63, 3.8) is 0 Å². The molecule has 0 atom stereocenters. The molecule has 1 aromatic heterocycles. The van der Waals surface area contributed by atoms with E-state index < -0.39 is 16.7 Å². The Morgan fingerprint density at radius 2 is 1.81 bits per heavy atom. The molecule has 0 unspecified atom stereocenters. The van der Waals surface area contributed by atoms with Gasteiger partial charge in [0.1, 0.15) is 4.92 Å². The van der Waals surface area contributed by atoms with Gasteiger partial charge in [-0.2, -0.15) is 0 Å². The van der Waals surface area contributed by atoms with Crippen LogP contribution in [0.1, 0.15) is 16.1 Å². The van der Waals surface area contributed by atoms with Crippen molar-refractivity contribution < 1.29 is 18.9 Å². The molecule has 142 valence electrons. The van der Waals surface area contributed by atoms with E-state index in [0.29, 0.717) is 36.9 Å². The fourth-order valence-electron chi connectivity index (χ4n) is 2.68. The minimum absolute atomic E-state index is 0.0890. The van der Waals surface area contributed by atoms with Gasteiger partial charge < -0.3 is 19.5 Å².